The molecule has 0 radical (unpaired) electrons. The highest BCUT2D eigenvalue weighted by molar-refractivity contribution is 5.59. The normalized spacial score (nSPS) is 12.2. The van der Waals surface area contributed by atoms with Crippen molar-refractivity contribution in [3.63, 3.8) is 0 Å². The van der Waals surface area contributed by atoms with E-state index in [4.69, 9.17) is 5.73 Å². The standard InChI is InChI=1S/C14H16FN3/c1-10(16)11-7-8-17-14(9-11)18(2)13-5-3-12(15)4-6-13/h3-10H,16H2,1-2H3/t10-/m0/s1. The summed E-state index contributed by atoms with van der Waals surface area (Å²) in [6.07, 6.45) is 1.73. The highest BCUT2D eigenvalue weighted by Gasteiger charge is 2.07. The second-order valence-electron chi connectivity index (χ2n) is 4.27. The minimum Gasteiger partial charge on any atom is -0.329 e. The van der Waals surface area contributed by atoms with E-state index in [1.807, 2.05) is 31.0 Å². The lowest BCUT2D eigenvalue weighted by Crippen LogP contribution is -2.13. The zero-order chi connectivity index (χ0) is 13.1. The number of rotatable bonds is 3. The maximum Gasteiger partial charge on any atom is 0.132 e. The first-order chi connectivity index (χ1) is 8.58. The van der Waals surface area contributed by atoms with Crippen molar-refractivity contribution < 1.29 is 4.39 Å². The van der Waals surface area contributed by atoms with Crippen LogP contribution < -0.4 is 10.6 Å². The van der Waals surface area contributed by atoms with Gasteiger partial charge in [-0.2, -0.15) is 0 Å². The SMILES string of the molecule is C[C@H](N)c1ccnc(N(C)c2ccc(F)cc2)c1. The highest BCUT2D eigenvalue weighted by atomic mass is 19.1. The molecule has 0 saturated carbocycles. The summed E-state index contributed by atoms with van der Waals surface area (Å²) in [5.74, 6) is 0.542. The van der Waals surface area contributed by atoms with E-state index in [1.54, 1.807) is 18.3 Å². The van der Waals surface area contributed by atoms with E-state index in [0.29, 0.717) is 0 Å². The van der Waals surface area contributed by atoms with E-state index in [1.165, 1.54) is 12.1 Å². The first-order valence-electron chi connectivity index (χ1n) is 5.79. The molecule has 0 aliphatic heterocycles. The summed E-state index contributed by atoms with van der Waals surface area (Å²) in [6, 6.07) is 10.1. The van der Waals surface area contributed by atoms with E-state index in [9.17, 15) is 4.39 Å². The number of aromatic nitrogens is 1. The number of benzene rings is 1. The molecule has 2 aromatic rings. The molecule has 2 rings (SSSR count). The second kappa shape index (κ2) is 5.14. The molecule has 0 unspecified atom stereocenters. The van der Waals surface area contributed by atoms with Crippen LogP contribution in [0.3, 0.4) is 0 Å². The van der Waals surface area contributed by atoms with Crippen LogP contribution in [-0.4, -0.2) is 12.0 Å². The van der Waals surface area contributed by atoms with Crippen molar-refractivity contribution in [1.29, 1.82) is 0 Å². The van der Waals surface area contributed by atoms with Crippen molar-refractivity contribution in [2.75, 3.05) is 11.9 Å². The fraction of sp³-hybridized carbons (Fsp3) is 0.214. The van der Waals surface area contributed by atoms with Crippen LogP contribution in [0.25, 0.3) is 0 Å². The van der Waals surface area contributed by atoms with Gasteiger partial charge in [0.05, 0.1) is 0 Å². The first kappa shape index (κ1) is 12.5. The Balaban J connectivity index is 2.30. The van der Waals surface area contributed by atoms with Gasteiger partial charge in [0.2, 0.25) is 0 Å². The number of halogens is 1. The highest BCUT2D eigenvalue weighted by Crippen LogP contribution is 2.23. The van der Waals surface area contributed by atoms with Crippen molar-refractivity contribution in [3.05, 3.63) is 54.0 Å². The van der Waals surface area contributed by atoms with Gasteiger partial charge in [-0.1, -0.05) is 0 Å². The Kier molecular flexibility index (Phi) is 3.58. The molecule has 3 nitrogen and oxygen atoms in total. The Morgan fingerprint density at radius 3 is 2.50 bits per heavy atom. The third kappa shape index (κ3) is 2.65. The molecule has 1 atom stereocenters. The Labute approximate surface area is 106 Å². The van der Waals surface area contributed by atoms with Crippen molar-refractivity contribution in [1.82, 2.24) is 4.98 Å². The van der Waals surface area contributed by atoms with Crippen molar-refractivity contribution in [2.45, 2.75) is 13.0 Å². The zero-order valence-corrected chi connectivity index (χ0v) is 10.5. The summed E-state index contributed by atoms with van der Waals surface area (Å²) in [5.41, 5.74) is 7.75. The predicted molar refractivity (Wildman–Crippen MR) is 71.3 cm³/mol. The Morgan fingerprint density at radius 1 is 1.22 bits per heavy atom. The average Bonchev–Trinajstić information content (AvgIpc) is 2.39. The maximum absolute atomic E-state index is 12.9. The lowest BCUT2D eigenvalue weighted by Gasteiger charge is -2.19. The van der Waals surface area contributed by atoms with Crippen LogP contribution in [0, 0.1) is 5.82 Å². The van der Waals surface area contributed by atoms with Gasteiger partial charge in [-0.3, -0.25) is 0 Å². The molecule has 0 aliphatic carbocycles. The molecular formula is C14H16FN3. The Morgan fingerprint density at radius 2 is 1.89 bits per heavy atom. The van der Waals surface area contributed by atoms with Gasteiger partial charge in [-0.05, 0) is 48.9 Å². The number of hydrogen-bond acceptors (Lipinski definition) is 3. The number of anilines is 2. The largest absolute Gasteiger partial charge is 0.329 e. The molecule has 0 aliphatic rings. The van der Waals surface area contributed by atoms with Crippen LogP contribution in [0.2, 0.25) is 0 Å². The van der Waals surface area contributed by atoms with Gasteiger partial charge in [-0.25, -0.2) is 9.37 Å². The smallest absolute Gasteiger partial charge is 0.132 e. The number of nitrogens with two attached hydrogens (primary N) is 1. The van der Waals surface area contributed by atoms with Crippen LogP contribution in [-0.2, 0) is 0 Å². The predicted octanol–water partition coefficient (Wildman–Crippen LogP) is 3.01. The van der Waals surface area contributed by atoms with Crippen molar-refractivity contribution in [2.24, 2.45) is 5.73 Å². The molecule has 94 valence electrons. The summed E-state index contributed by atoms with van der Waals surface area (Å²) < 4.78 is 12.9. The van der Waals surface area contributed by atoms with Gasteiger partial charge >= 0.3 is 0 Å². The molecule has 1 aromatic heterocycles. The molecule has 2 N–H and O–H groups in total. The topological polar surface area (TPSA) is 42.1 Å². The fourth-order valence-electron chi connectivity index (χ4n) is 1.70. The van der Waals surface area contributed by atoms with Gasteiger partial charge in [0, 0.05) is 25.0 Å². The molecule has 1 heterocycles. The van der Waals surface area contributed by atoms with E-state index in [2.05, 4.69) is 4.98 Å². The van der Waals surface area contributed by atoms with E-state index in [-0.39, 0.29) is 11.9 Å². The fourth-order valence-corrected chi connectivity index (χ4v) is 1.70. The second-order valence-corrected chi connectivity index (χ2v) is 4.27. The lowest BCUT2D eigenvalue weighted by atomic mass is 10.1. The zero-order valence-electron chi connectivity index (χ0n) is 10.5. The molecule has 0 amide bonds. The number of nitrogens with zero attached hydrogens (tertiary/aromatic N) is 2. The summed E-state index contributed by atoms with van der Waals surface area (Å²) >= 11 is 0. The van der Waals surface area contributed by atoms with Gasteiger partial charge < -0.3 is 10.6 Å². The number of pyridine rings is 1. The average molecular weight is 245 g/mol. The maximum atomic E-state index is 12.9. The van der Waals surface area contributed by atoms with Crippen LogP contribution in [0.5, 0.6) is 0 Å². The molecule has 18 heavy (non-hydrogen) atoms. The van der Waals surface area contributed by atoms with Crippen molar-refractivity contribution >= 4 is 11.5 Å². The first-order valence-corrected chi connectivity index (χ1v) is 5.79. The van der Waals surface area contributed by atoms with E-state index < -0.39 is 0 Å². The van der Waals surface area contributed by atoms with E-state index in [0.717, 1.165) is 17.1 Å². The summed E-state index contributed by atoms with van der Waals surface area (Å²) in [6.45, 7) is 1.93. The van der Waals surface area contributed by atoms with Crippen LogP contribution >= 0.6 is 0 Å². The molecular weight excluding hydrogens is 229 g/mol. The quantitative estimate of drug-likeness (QED) is 0.903. The molecule has 4 heteroatoms. The molecule has 0 fully saturated rings. The molecule has 1 aromatic carbocycles. The minimum atomic E-state index is -0.246. The monoisotopic (exact) mass is 245 g/mol. The molecule has 0 saturated heterocycles. The number of hydrogen-bond donors (Lipinski definition) is 1. The van der Waals surface area contributed by atoms with Gasteiger partial charge in [-0.15, -0.1) is 0 Å². The molecule has 0 bridgehead atoms. The third-order valence-electron chi connectivity index (χ3n) is 2.85. The van der Waals surface area contributed by atoms with E-state index >= 15 is 0 Å². The van der Waals surface area contributed by atoms with Gasteiger partial charge in [0.25, 0.3) is 0 Å². The Bertz CT molecular complexity index is 523. The summed E-state index contributed by atoms with van der Waals surface area (Å²) in [7, 11) is 1.89. The van der Waals surface area contributed by atoms with Crippen LogP contribution in [0.15, 0.2) is 42.6 Å². The summed E-state index contributed by atoms with van der Waals surface area (Å²) in [4.78, 5) is 6.19. The van der Waals surface area contributed by atoms with Crippen LogP contribution in [0.1, 0.15) is 18.5 Å². The Hall–Kier alpha value is -1.94. The van der Waals surface area contributed by atoms with Crippen molar-refractivity contribution in [3.8, 4) is 0 Å². The summed E-state index contributed by atoms with van der Waals surface area (Å²) in [5, 5.41) is 0. The van der Waals surface area contributed by atoms with Gasteiger partial charge in [0.1, 0.15) is 11.6 Å². The minimum absolute atomic E-state index is 0.0339. The van der Waals surface area contributed by atoms with Gasteiger partial charge in [0.15, 0.2) is 0 Å². The molecule has 0 spiro atoms. The third-order valence-corrected chi connectivity index (χ3v) is 2.85. The lowest BCUT2D eigenvalue weighted by molar-refractivity contribution is 0.628. The van der Waals surface area contributed by atoms with Crippen LogP contribution in [0.4, 0.5) is 15.9 Å².